The Morgan fingerprint density at radius 1 is 1.07 bits per heavy atom. The molecule has 30 heavy (non-hydrogen) atoms. The van der Waals surface area contributed by atoms with Crippen LogP contribution in [0, 0.1) is 6.92 Å². The molecule has 0 unspecified atom stereocenters. The normalized spacial score (nSPS) is 11.6. The standard InChI is InChI=1S/C23H26Cl2N4O/c1-15-20(30-4)10-8-17-22(15)27-21(28-23(17)26-12-5-13-29(2)3)11-7-16-6-9-18(24)19(25)14-16/h6-11,14H,5,12-13H2,1-4H3,(H,26,27,28)/b11-7+. The zero-order chi connectivity index (χ0) is 21.7. The minimum Gasteiger partial charge on any atom is -0.496 e. The second-order valence-electron chi connectivity index (χ2n) is 7.31. The lowest BCUT2D eigenvalue weighted by Crippen LogP contribution is -2.17. The topological polar surface area (TPSA) is 50.3 Å². The summed E-state index contributed by atoms with van der Waals surface area (Å²) in [5.41, 5.74) is 2.78. The molecule has 0 fully saturated rings. The Hall–Kier alpha value is -2.34. The number of fused-ring (bicyclic) bond motifs is 1. The van der Waals surface area contributed by atoms with Crippen LogP contribution in [-0.2, 0) is 0 Å². The Kier molecular flexibility index (Phi) is 7.53. The lowest BCUT2D eigenvalue weighted by molar-refractivity contribution is 0.405. The third kappa shape index (κ3) is 5.42. The van der Waals surface area contributed by atoms with Crippen molar-refractivity contribution < 1.29 is 4.74 Å². The molecule has 2 aromatic carbocycles. The first-order chi connectivity index (χ1) is 14.4. The molecule has 1 aromatic heterocycles. The number of aryl methyl sites for hydroxylation is 1. The van der Waals surface area contributed by atoms with E-state index in [1.165, 1.54) is 0 Å². The van der Waals surface area contributed by atoms with Crippen LogP contribution in [0.2, 0.25) is 10.0 Å². The number of ether oxygens (including phenoxy) is 1. The van der Waals surface area contributed by atoms with E-state index in [4.69, 9.17) is 37.9 Å². The van der Waals surface area contributed by atoms with Gasteiger partial charge in [-0.25, -0.2) is 9.97 Å². The summed E-state index contributed by atoms with van der Waals surface area (Å²) >= 11 is 12.1. The fraction of sp³-hybridized carbons (Fsp3) is 0.304. The molecule has 0 radical (unpaired) electrons. The Bertz CT molecular complexity index is 1070. The van der Waals surface area contributed by atoms with E-state index < -0.39 is 0 Å². The number of halogens is 2. The minimum absolute atomic E-state index is 0.516. The van der Waals surface area contributed by atoms with E-state index in [1.807, 2.05) is 43.3 Å². The minimum atomic E-state index is 0.516. The average molecular weight is 445 g/mol. The monoisotopic (exact) mass is 444 g/mol. The van der Waals surface area contributed by atoms with Crippen LogP contribution >= 0.6 is 23.2 Å². The van der Waals surface area contributed by atoms with E-state index >= 15 is 0 Å². The van der Waals surface area contributed by atoms with Gasteiger partial charge in [0.25, 0.3) is 0 Å². The molecular formula is C23H26Cl2N4O. The molecule has 7 heteroatoms. The summed E-state index contributed by atoms with van der Waals surface area (Å²) in [6.45, 7) is 3.84. The van der Waals surface area contributed by atoms with Gasteiger partial charge in [-0.3, -0.25) is 0 Å². The maximum atomic E-state index is 6.12. The van der Waals surface area contributed by atoms with Gasteiger partial charge in [0.1, 0.15) is 11.6 Å². The molecule has 1 heterocycles. The van der Waals surface area contributed by atoms with Crippen LogP contribution < -0.4 is 10.1 Å². The largest absolute Gasteiger partial charge is 0.496 e. The number of hydrogen-bond acceptors (Lipinski definition) is 5. The summed E-state index contributed by atoms with van der Waals surface area (Å²) < 4.78 is 5.48. The fourth-order valence-electron chi connectivity index (χ4n) is 3.15. The van der Waals surface area contributed by atoms with E-state index in [0.717, 1.165) is 53.1 Å². The van der Waals surface area contributed by atoms with E-state index in [1.54, 1.807) is 13.2 Å². The van der Waals surface area contributed by atoms with Crippen LogP contribution in [-0.4, -0.2) is 49.2 Å². The summed E-state index contributed by atoms with van der Waals surface area (Å²) in [4.78, 5) is 11.7. The Labute approximate surface area is 187 Å². The van der Waals surface area contributed by atoms with Gasteiger partial charge in [-0.05, 0) is 69.9 Å². The molecule has 0 aliphatic heterocycles. The van der Waals surface area contributed by atoms with Gasteiger partial charge in [-0.1, -0.05) is 35.3 Å². The van der Waals surface area contributed by atoms with Gasteiger partial charge in [-0.15, -0.1) is 0 Å². The van der Waals surface area contributed by atoms with E-state index in [0.29, 0.717) is 15.9 Å². The highest BCUT2D eigenvalue weighted by molar-refractivity contribution is 6.42. The number of anilines is 1. The van der Waals surface area contributed by atoms with Crippen molar-refractivity contribution in [1.82, 2.24) is 14.9 Å². The second kappa shape index (κ2) is 10.1. The molecule has 0 amide bonds. The molecule has 5 nitrogen and oxygen atoms in total. The SMILES string of the molecule is COc1ccc2c(NCCCN(C)C)nc(/C=C/c3ccc(Cl)c(Cl)c3)nc2c1C. The molecule has 0 aliphatic carbocycles. The quantitative estimate of drug-likeness (QED) is 0.445. The van der Waals surface area contributed by atoms with Crippen molar-refractivity contribution in [2.24, 2.45) is 0 Å². The highest BCUT2D eigenvalue weighted by Crippen LogP contribution is 2.30. The summed E-state index contributed by atoms with van der Waals surface area (Å²) in [5, 5.41) is 5.49. The van der Waals surface area contributed by atoms with Crippen molar-refractivity contribution in [3.05, 3.63) is 57.3 Å². The summed E-state index contributed by atoms with van der Waals surface area (Å²) in [6.07, 6.45) is 4.82. The number of benzene rings is 2. The number of aromatic nitrogens is 2. The number of nitrogens with zero attached hydrogens (tertiary/aromatic N) is 3. The van der Waals surface area contributed by atoms with Gasteiger partial charge in [0, 0.05) is 17.5 Å². The number of rotatable bonds is 8. The molecule has 1 N–H and O–H groups in total. The third-order valence-corrected chi connectivity index (χ3v) is 5.49. The summed E-state index contributed by atoms with van der Waals surface area (Å²) in [5.74, 6) is 2.23. The molecule has 3 rings (SSSR count). The van der Waals surface area contributed by atoms with Crippen molar-refractivity contribution in [2.45, 2.75) is 13.3 Å². The van der Waals surface area contributed by atoms with Crippen LogP contribution in [0.1, 0.15) is 23.4 Å². The predicted octanol–water partition coefficient (Wildman–Crippen LogP) is 5.79. The zero-order valence-electron chi connectivity index (χ0n) is 17.7. The Morgan fingerprint density at radius 3 is 2.57 bits per heavy atom. The van der Waals surface area contributed by atoms with Crippen molar-refractivity contribution >= 4 is 52.1 Å². The maximum absolute atomic E-state index is 6.12. The number of hydrogen-bond donors (Lipinski definition) is 1. The molecule has 0 bridgehead atoms. The first kappa shape index (κ1) is 22.3. The van der Waals surface area contributed by atoms with Gasteiger partial charge >= 0.3 is 0 Å². The molecule has 0 saturated carbocycles. The lowest BCUT2D eigenvalue weighted by Gasteiger charge is -2.14. The van der Waals surface area contributed by atoms with Crippen LogP contribution in [0.3, 0.4) is 0 Å². The average Bonchev–Trinajstić information content (AvgIpc) is 2.72. The highest BCUT2D eigenvalue weighted by atomic mass is 35.5. The van der Waals surface area contributed by atoms with Crippen LogP contribution in [0.4, 0.5) is 5.82 Å². The first-order valence-electron chi connectivity index (χ1n) is 9.76. The van der Waals surface area contributed by atoms with Gasteiger partial charge in [0.05, 0.1) is 22.7 Å². The van der Waals surface area contributed by atoms with E-state index in [-0.39, 0.29) is 0 Å². The van der Waals surface area contributed by atoms with Gasteiger partial charge < -0.3 is 15.0 Å². The fourth-order valence-corrected chi connectivity index (χ4v) is 3.46. The smallest absolute Gasteiger partial charge is 0.154 e. The predicted molar refractivity (Wildman–Crippen MR) is 128 cm³/mol. The molecule has 158 valence electrons. The summed E-state index contributed by atoms with van der Waals surface area (Å²) in [7, 11) is 5.81. The highest BCUT2D eigenvalue weighted by Gasteiger charge is 2.12. The third-order valence-electron chi connectivity index (χ3n) is 4.75. The molecular weight excluding hydrogens is 419 g/mol. The van der Waals surface area contributed by atoms with Gasteiger partial charge in [0.15, 0.2) is 5.82 Å². The summed E-state index contributed by atoms with van der Waals surface area (Å²) in [6, 6.07) is 9.45. The zero-order valence-corrected chi connectivity index (χ0v) is 19.2. The maximum Gasteiger partial charge on any atom is 0.154 e. The van der Waals surface area contributed by atoms with E-state index in [9.17, 15) is 0 Å². The van der Waals surface area contributed by atoms with Crippen molar-refractivity contribution in [2.75, 3.05) is 39.6 Å². The van der Waals surface area contributed by atoms with Crippen molar-refractivity contribution in [3.8, 4) is 5.75 Å². The second-order valence-corrected chi connectivity index (χ2v) is 8.12. The molecule has 0 aliphatic rings. The Balaban J connectivity index is 1.97. The van der Waals surface area contributed by atoms with Crippen molar-refractivity contribution in [1.29, 1.82) is 0 Å². The van der Waals surface area contributed by atoms with Crippen LogP contribution in [0.5, 0.6) is 5.75 Å². The molecule has 0 spiro atoms. The van der Waals surface area contributed by atoms with Crippen LogP contribution in [0.25, 0.3) is 23.1 Å². The van der Waals surface area contributed by atoms with Crippen LogP contribution in [0.15, 0.2) is 30.3 Å². The molecule has 0 saturated heterocycles. The molecule has 3 aromatic rings. The van der Waals surface area contributed by atoms with E-state index in [2.05, 4.69) is 24.3 Å². The van der Waals surface area contributed by atoms with Gasteiger partial charge in [0.2, 0.25) is 0 Å². The first-order valence-corrected chi connectivity index (χ1v) is 10.5. The number of nitrogens with one attached hydrogen (secondary N) is 1. The lowest BCUT2D eigenvalue weighted by atomic mass is 10.1. The van der Waals surface area contributed by atoms with Crippen molar-refractivity contribution in [3.63, 3.8) is 0 Å². The number of methoxy groups -OCH3 is 1. The van der Waals surface area contributed by atoms with Gasteiger partial charge in [-0.2, -0.15) is 0 Å². The Morgan fingerprint density at radius 2 is 1.87 bits per heavy atom. The molecule has 0 atom stereocenters.